The van der Waals surface area contributed by atoms with Gasteiger partial charge in [0.05, 0.1) is 11.6 Å². The van der Waals surface area contributed by atoms with Crippen LogP contribution in [0.15, 0.2) is 17.2 Å². The lowest BCUT2D eigenvalue weighted by molar-refractivity contribution is -0.173. The van der Waals surface area contributed by atoms with Crippen LogP contribution in [0.3, 0.4) is 0 Å². The lowest BCUT2D eigenvalue weighted by Crippen LogP contribution is -2.29. The highest BCUT2D eigenvalue weighted by Crippen LogP contribution is 2.19. The number of nitrogens with zero attached hydrogens (tertiary/aromatic N) is 1. The van der Waals surface area contributed by atoms with Crippen molar-refractivity contribution in [3.8, 4) is 0 Å². The Morgan fingerprint density at radius 3 is 2.65 bits per heavy atom. The first-order chi connectivity index (χ1) is 9.12. The number of anilines is 1. The molecule has 0 saturated heterocycles. The summed E-state index contributed by atoms with van der Waals surface area (Å²) >= 11 is 5.62. The van der Waals surface area contributed by atoms with Gasteiger partial charge in [-0.25, -0.2) is 18.1 Å². The van der Waals surface area contributed by atoms with Crippen molar-refractivity contribution in [1.29, 1.82) is 0 Å². The molecule has 1 aromatic rings. The van der Waals surface area contributed by atoms with E-state index in [9.17, 15) is 21.6 Å². The lowest BCUT2D eigenvalue weighted by Gasteiger charge is -2.09. The third-order valence-electron chi connectivity index (χ3n) is 1.96. The molecule has 11 heteroatoms. The summed E-state index contributed by atoms with van der Waals surface area (Å²) in [4.78, 5) is 3.33. The Bertz CT molecular complexity index is 565. The summed E-state index contributed by atoms with van der Waals surface area (Å²) in [6.45, 7) is -2.18. The summed E-state index contributed by atoms with van der Waals surface area (Å²) in [7, 11) is -3.93. The van der Waals surface area contributed by atoms with Crippen LogP contribution in [0.5, 0.6) is 0 Å². The van der Waals surface area contributed by atoms with E-state index in [0.29, 0.717) is 0 Å². The zero-order valence-corrected chi connectivity index (χ0v) is 11.5. The number of pyridine rings is 1. The van der Waals surface area contributed by atoms with E-state index >= 15 is 0 Å². The van der Waals surface area contributed by atoms with Crippen LogP contribution in [0.25, 0.3) is 0 Å². The molecule has 0 bridgehead atoms. The van der Waals surface area contributed by atoms with E-state index in [1.54, 1.807) is 0 Å². The quantitative estimate of drug-likeness (QED) is 0.762. The molecule has 1 rings (SSSR count). The molecule has 0 aliphatic rings. The predicted molar refractivity (Wildman–Crippen MR) is 65.7 cm³/mol. The minimum atomic E-state index is -4.45. The van der Waals surface area contributed by atoms with Gasteiger partial charge < -0.3 is 10.5 Å². The molecule has 0 fully saturated rings. The van der Waals surface area contributed by atoms with Crippen molar-refractivity contribution in [3.05, 3.63) is 17.3 Å². The van der Waals surface area contributed by atoms with E-state index in [1.165, 1.54) is 0 Å². The molecule has 0 unspecified atom stereocenters. The predicted octanol–water partition coefficient (Wildman–Crippen LogP) is 1.17. The normalized spacial score (nSPS) is 12.6. The van der Waals surface area contributed by atoms with E-state index in [-0.39, 0.29) is 22.3 Å². The molecule has 20 heavy (non-hydrogen) atoms. The molecular formula is C9H11ClF3N3O3S. The first-order valence-electron chi connectivity index (χ1n) is 5.17. The first kappa shape index (κ1) is 17.0. The van der Waals surface area contributed by atoms with E-state index in [4.69, 9.17) is 17.3 Å². The fourth-order valence-corrected chi connectivity index (χ4v) is 2.31. The molecular weight excluding hydrogens is 323 g/mol. The number of nitrogen functional groups attached to an aromatic ring is 1. The monoisotopic (exact) mass is 333 g/mol. The summed E-state index contributed by atoms with van der Waals surface area (Å²) in [5.74, 6) is -0.0286. The Hall–Kier alpha value is -1.10. The minimum absolute atomic E-state index is 0.0286. The fourth-order valence-electron chi connectivity index (χ4n) is 1.10. The molecule has 0 aliphatic heterocycles. The maximum Gasteiger partial charge on any atom is 0.411 e. The molecule has 1 heterocycles. The fraction of sp³-hybridized carbons (Fsp3) is 0.444. The highest BCUT2D eigenvalue weighted by atomic mass is 35.5. The Morgan fingerprint density at radius 1 is 1.45 bits per heavy atom. The SMILES string of the molecule is Nc1ncc(S(=O)(=O)NCCOCC(F)(F)F)cc1Cl. The average Bonchev–Trinajstić information content (AvgIpc) is 2.30. The number of nitrogens with two attached hydrogens (primary N) is 1. The molecule has 0 atom stereocenters. The maximum absolute atomic E-state index is 11.8. The Morgan fingerprint density at radius 2 is 2.10 bits per heavy atom. The first-order valence-corrected chi connectivity index (χ1v) is 7.03. The van der Waals surface area contributed by atoms with Gasteiger partial charge in [0.15, 0.2) is 0 Å². The van der Waals surface area contributed by atoms with Crippen molar-refractivity contribution in [1.82, 2.24) is 9.71 Å². The zero-order chi connectivity index (χ0) is 15.4. The van der Waals surface area contributed by atoms with Crippen molar-refractivity contribution >= 4 is 27.4 Å². The van der Waals surface area contributed by atoms with Crippen molar-refractivity contribution in [2.45, 2.75) is 11.1 Å². The lowest BCUT2D eigenvalue weighted by atomic mass is 10.5. The summed E-state index contributed by atoms with van der Waals surface area (Å²) in [5.41, 5.74) is 5.33. The van der Waals surface area contributed by atoms with E-state index in [2.05, 4.69) is 9.72 Å². The number of hydrogen-bond donors (Lipinski definition) is 2. The number of aromatic nitrogens is 1. The second-order valence-electron chi connectivity index (χ2n) is 3.60. The third kappa shape index (κ3) is 5.49. The van der Waals surface area contributed by atoms with Gasteiger partial charge in [-0.05, 0) is 6.07 Å². The number of rotatable bonds is 6. The Kier molecular flexibility index (Phi) is 5.57. The zero-order valence-electron chi connectivity index (χ0n) is 9.95. The molecule has 0 amide bonds. The van der Waals surface area contributed by atoms with Gasteiger partial charge in [-0.3, -0.25) is 0 Å². The third-order valence-corrected chi connectivity index (χ3v) is 3.69. The smallest absolute Gasteiger partial charge is 0.382 e. The number of alkyl halides is 3. The Balaban J connectivity index is 2.52. The number of sulfonamides is 1. The van der Waals surface area contributed by atoms with Gasteiger partial charge in [-0.1, -0.05) is 11.6 Å². The topological polar surface area (TPSA) is 94.3 Å². The van der Waals surface area contributed by atoms with Gasteiger partial charge in [0.25, 0.3) is 0 Å². The van der Waals surface area contributed by atoms with E-state index in [1.807, 2.05) is 4.72 Å². The van der Waals surface area contributed by atoms with Gasteiger partial charge >= 0.3 is 6.18 Å². The van der Waals surface area contributed by atoms with Crippen LogP contribution in [0, 0.1) is 0 Å². The van der Waals surface area contributed by atoms with Crippen LogP contribution < -0.4 is 10.5 Å². The summed E-state index contributed by atoms with van der Waals surface area (Å²) in [5, 5.41) is -0.0406. The van der Waals surface area contributed by atoms with Gasteiger partial charge in [-0.2, -0.15) is 13.2 Å². The van der Waals surface area contributed by atoms with Gasteiger partial charge in [-0.15, -0.1) is 0 Å². The number of halogens is 4. The van der Waals surface area contributed by atoms with Crippen LogP contribution in [-0.2, 0) is 14.8 Å². The maximum atomic E-state index is 11.8. The molecule has 0 aromatic carbocycles. The second kappa shape index (κ2) is 6.57. The molecule has 0 spiro atoms. The van der Waals surface area contributed by atoms with Crippen LogP contribution in [-0.4, -0.2) is 39.3 Å². The number of ether oxygens (including phenoxy) is 1. The molecule has 114 valence electrons. The standard InChI is InChI=1S/C9H11ClF3N3O3S/c10-7-3-6(4-15-8(7)14)20(17,18)16-1-2-19-5-9(11,12)13/h3-4,16H,1-2,5H2,(H2,14,15). The molecule has 6 nitrogen and oxygen atoms in total. The highest BCUT2D eigenvalue weighted by molar-refractivity contribution is 7.89. The molecule has 1 aromatic heterocycles. The van der Waals surface area contributed by atoms with Crippen molar-refractivity contribution < 1.29 is 26.3 Å². The molecule has 0 saturated carbocycles. The van der Waals surface area contributed by atoms with Crippen molar-refractivity contribution in [2.75, 3.05) is 25.5 Å². The van der Waals surface area contributed by atoms with Crippen LogP contribution >= 0.6 is 11.6 Å². The average molecular weight is 334 g/mol. The van der Waals surface area contributed by atoms with Gasteiger partial charge in [0.1, 0.15) is 17.3 Å². The minimum Gasteiger partial charge on any atom is -0.382 e. The number of hydrogen-bond acceptors (Lipinski definition) is 5. The summed E-state index contributed by atoms with van der Waals surface area (Å²) in [6.07, 6.45) is -3.46. The van der Waals surface area contributed by atoms with Crippen LogP contribution in [0.1, 0.15) is 0 Å². The van der Waals surface area contributed by atoms with E-state index < -0.39 is 29.4 Å². The summed E-state index contributed by atoms with van der Waals surface area (Å²) in [6, 6.07) is 1.09. The Labute approximate surface area is 118 Å². The van der Waals surface area contributed by atoms with Gasteiger partial charge in [0, 0.05) is 12.7 Å². The van der Waals surface area contributed by atoms with Crippen molar-refractivity contribution in [3.63, 3.8) is 0 Å². The van der Waals surface area contributed by atoms with Crippen LogP contribution in [0.4, 0.5) is 19.0 Å². The molecule has 0 aliphatic carbocycles. The largest absolute Gasteiger partial charge is 0.411 e. The van der Waals surface area contributed by atoms with Gasteiger partial charge in [0.2, 0.25) is 10.0 Å². The molecule has 3 N–H and O–H groups in total. The molecule has 0 radical (unpaired) electrons. The van der Waals surface area contributed by atoms with E-state index in [0.717, 1.165) is 12.3 Å². The number of nitrogens with one attached hydrogen (secondary N) is 1. The van der Waals surface area contributed by atoms with Crippen molar-refractivity contribution in [2.24, 2.45) is 0 Å². The highest BCUT2D eigenvalue weighted by Gasteiger charge is 2.27. The van der Waals surface area contributed by atoms with Crippen LogP contribution in [0.2, 0.25) is 5.02 Å². The summed E-state index contributed by atoms with van der Waals surface area (Å²) < 4.78 is 65.1. The second-order valence-corrected chi connectivity index (χ2v) is 5.78.